The molecule has 0 aromatic carbocycles. The van der Waals surface area contributed by atoms with E-state index in [4.69, 9.17) is 37.3 Å². The number of fused-ring (bicyclic) bond motifs is 1. The molecule has 13 heteroatoms. The molecule has 1 saturated heterocycles. The van der Waals surface area contributed by atoms with Crippen LogP contribution in [-0.2, 0) is 15.6 Å². The first-order chi connectivity index (χ1) is 21.6. The molecular formula is C34H50Cl2N6O4Si. The van der Waals surface area contributed by atoms with E-state index < -0.39 is 19.6 Å². The summed E-state index contributed by atoms with van der Waals surface area (Å²) < 4.78 is 13.7. The molecule has 2 unspecified atom stereocenters. The van der Waals surface area contributed by atoms with Gasteiger partial charge in [0.05, 0.1) is 21.8 Å². The largest absolute Gasteiger partial charge is 0.444 e. The van der Waals surface area contributed by atoms with E-state index in [0.29, 0.717) is 48.7 Å². The van der Waals surface area contributed by atoms with Gasteiger partial charge in [-0.1, -0.05) is 57.8 Å². The molecule has 4 rings (SSSR count). The Balaban J connectivity index is 1.85. The molecule has 3 aromatic heterocycles. The van der Waals surface area contributed by atoms with E-state index in [2.05, 4.69) is 43.8 Å². The quantitative estimate of drug-likeness (QED) is 0.180. The summed E-state index contributed by atoms with van der Waals surface area (Å²) in [7, 11) is -2.00. The number of nitrogens with zero attached hydrogens (tertiary/aromatic N) is 6. The molecule has 0 aliphatic carbocycles. The summed E-state index contributed by atoms with van der Waals surface area (Å²) in [4.78, 5) is 45.1. The molecule has 1 fully saturated rings. The summed E-state index contributed by atoms with van der Waals surface area (Å²) in [5, 5.41) is 0.972. The van der Waals surface area contributed by atoms with Crippen molar-refractivity contribution in [1.29, 1.82) is 0 Å². The highest BCUT2D eigenvalue weighted by Gasteiger charge is 2.38. The van der Waals surface area contributed by atoms with E-state index in [1.807, 2.05) is 59.4 Å². The molecule has 2 atom stereocenters. The monoisotopic (exact) mass is 704 g/mol. The number of rotatable bonds is 7. The number of carbonyl (C=O) groups is 1. The minimum Gasteiger partial charge on any atom is -0.444 e. The SMILES string of the molecule is CC(C)c1nccc(CCO[Si](C)(C)C(C)(C)C)c1-n1c(=O)nc(N2CC(C)N(C(=O)OC(C)(C)C)CC2C)c2cc(Cl)c(Cl)nc21. The van der Waals surface area contributed by atoms with Gasteiger partial charge in [0.1, 0.15) is 16.6 Å². The summed E-state index contributed by atoms with van der Waals surface area (Å²) in [6.07, 6.45) is 1.98. The molecule has 0 bridgehead atoms. The van der Waals surface area contributed by atoms with Gasteiger partial charge in [-0.3, -0.25) is 4.98 Å². The molecule has 10 nitrogen and oxygen atoms in total. The third-order valence-corrected chi connectivity index (χ3v) is 14.3. The van der Waals surface area contributed by atoms with Crippen LogP contribution in [0.3, 0.4) is 0 Å². The molecule has 0 radical (unpaired) electrons. The van der Waals surface area contributed by atoms with Crippen LogP contribution in [0.2, 0.25) is 28.3 Å². The second-order valence-corrected chi connectivity index (χ2v) is 21.0. The lowest BCUT2D eigenvalue weighted by Crippen LogP contribution is -2.59. The van der Waals surface area contributed by atoms with Crippen LogP contribution in [0.5, 0.6) is 0 Å². The summed E-state index contributed by atoms with van der Waals surface area (Å²) in [5.74, 6) is 0.436. The normalized spacial score (nSPS) is 17.9. The maximum atomic E-state index is 14.3. The fourth-order valence-electron chi connectivity index (χ4n) is 5.53. The van der Waals surface area contributed by atoms with Crippen LogP contribution in [0.15, 0.2) is 23.1 Å². The van der Waals surface area contributed by atoms with Crippen LogP contribution in [-0.4, -0.2) is 76.2 Å². The number of carbonyl (C=O) groups excluding carboxylic acids is 1. The van der Waals surface area contributed by atoms with Crippen molar-refractivity contribution in [3.63, 3.8) is 0 Å². The number of pyridine rings is 2. The smallest absolute Gasteiger partial charge is 0.410 e. The summed E-state index contributed by atoms with van der Waals surface area (Å²) in [5.41, 5.74) is 1.50. The first-order valence-corrected chi connectivity index (χ1v) is 20.0. The Morgan fingerprint density at radius 2 is 1.72 bits per heavy atom. The second-order valence-electron chi connectivity index (χ2n) is 15.4. The van der Waals surface area contributed by atoms with E-state index in [-0.39, 0.29) is 39.3 Å². The maximum absolute atomic E-state index is 14.3. The Kier molecular flexibility index (Phi) is 10.8. The lowest BCUT2D eigenvalue weighted by atomic mass is 10.0. The number of aromatic nitrogens is 4. The van der Waals surface area contributed by atoms with Gasteiger partial charge in [0.15, 0.2) is 14.0 Å². The zero-order valence-electron chi connectivity index (χ0n) is 29.9. The van der Waals surface area contributed by atoms with Crippen molar-refractivity contribution < 1.29 is 14.0 Å². The molecule has 0 N–H and O–H groups in total. The third-order valence-electron chi connectivity index (χ3n) is 9.09. The molecule has 47 heavy (non-hydrogen) atoms. The zero-order valence-corrected chi connectivity index (χ0v) is 32.4. The number of anilines is 1. The van der Waals surface area contributed by atoms with Crippen LogP contribution >= 0.6 is 23.2 Å². The molecule has 3 aromatic rings. The van der Waals surface area contributed by atoms with E-state index in [1.54, 1.807) is 17.2 Å². The number of ether oxygens (including phenoxy) is 1. The van der Waals surface area contributed by atoms with E-state index in [9.17, 15) is 9.59 Å². The summed E-state index contributed by atoms with van der Waals surface area (Å²) in [6.45, 7) is 26.0. The Morgan fingerprint density at radius 1 is 1.06 bits per heavy atom. The highest BCUT2D eigenvalue weighted by atomic mass is 35.5. The van der Waals surface area contributed by atoms with Crippen LogP contribution in [0.1, 0.15) is 86.4 Å². The standard InChI is InChI=1S/C34H50Cl2N6O4Si/c1-20(2)26-27(23(13-15-37-26)14-16-45-47(11,12)34(8,9)10)42-30-24(17-25(35)28(36)38-30)29(39-31(42)43)40-18-22(4)41(19-21(40)3)32(44)46-33(5,6)7/h13,15,17,20-22H,14,16,18-19H2,1-12H3. The molecule has 1 amide bonds. The van der Waals surface area contributed by atoms with E-state index in [1.165, 1.54) is 4.57 Å². The van der Waals surface area contributed by atoms with Crippen molar-refractivity contribution in [2.24, 2.45) is 0 Å². The van der Waals surface area contributed by atoms with Crippen molar-refractivity contribution >= 4 is 54.5 Å². The topological polar surface area (TPSA) is 103 Å². The minimum absolute atomic E-state index is 0.00235. The number of amides is 1. The number of piperazine rings is 1. The molecule has 258 valence electrons. The van der Waals surface area contributed by atoms with Crippen molar-refractivity contribution in [2.45, 2.75) is 117 Å². The van der Waals surface area contributed by atoms with Gasteiger partial charge in [0.2, 0.25) is 0 Å². The average Bonchev–Trinajstić information content (AvgIpc) is 2.93. The van der Waals surface area contributed by atoms with Crippen molar-refractivity contribution in [2.75, 3.05) is 24.6 Å². The van der Waals surface area contributed by atoms with E-state index in [0.717, 1.165) is 11.3 Å². The Hall–Kier alpha value is -2.73. The lowest BCUT2D eigenvalue weighted by molar-refractivity contribution is 0.0130. The Labute approximate surface area is 289 Å². The number of halogens is 2. The highest BCUT2D eigenvalue weighted by molar-refractivity contribution is 6.74. The minimum atomic E-state index is -2.00. The van der Waals surface area contributed by atoms with Crippen molar-refractivity contribution in [3.05, 3.63) is 50.2 Å². The molecule has 1 aliphatic rings. The van der Waals surface area contributed by atoms with Gasteiger partial charge in [0, 0.05) is 38.0 Å². The molecular weight excluding hydrogens is 655 g/mol. The second kappa shape index (κ2) is 13.6. The first kappa shape index (κ1) is 37.1. The molecule has 0 spiro atoms. The molecule has 4 heterocycles. The predicted molar refractivity (Wildman–Crippen MR) is 193 cm³/mol. The van der Waals surface area contributed by atoms with Gasteiger partial charge >= 0.3 is 11.8 Å². The van der Waals surface area contributed by atoms with Crippen LogP contribution in [0, 0.1) is 0 Å². The van der Waals surface area contributed by atoms with Crippen molar-refractivity contribution in [1.82, 2.24) is 24.4 Å². The van der Waals surface area contributed by atoms with Gasteiger partial charge in [0.25, 0.3) is 0 Å². The fraction of sp³-hybridized carbons (Fsp3) is 0.618. The van der Waals surface area contributed by atoms with Gasteiger partial charge in [-0.2, -0.15) is 4.98 Å². The van der Waals surface area contributed by atoms with Crippen LogP contribution in [0.25, 0.3) is 16.7 Å². The lowest BCUT2D eigenvalue weighted by Gasteiger charge is -2.44. The number of hydrogen-bond acceptors (Lipinski definition) is 8. The Morgan fingerprint density at radius 3 is 2.32 bits per heavy atom. The van der Waals surface area contributed by atoms with Crippen LogP contribution in [0.4, 0.5) is 10.6 Å². The fourth-order valence-corrected chi connectivity index (χ4v) is 6.86. The Bertz CT molecular complexity index is 1700. The third kappa shape index (κ3) is 7.95. The first-order valence-electron chi connectivity index (χ1n) is 16.3. The van der Waals surface area contributed by atoms with Gasteiger partial charge in [-0.25, -0.2) is 19.1 Å². The predicted octanol–water partition coefficient (Wildman–Crippen LogP) is 8.00. The molecule has 1 aliphatic heterocycles. The summed E-state index contributed by atoms with van der Waals surface area (Å²) >= 11 is 13.1. The van der Waals surface area contributed by atoms with E-state index >= 15 is 0 Å². The van der Waals surface area contributed by atoms with Gasteiger partial charge < -0.3 is 19.0 Å². The molecule has 0 saturated carbocycles. The average molecular weight is 706 g/mol. The van der Waals surface area contributed by atoms with Gasteiger partial charge in [-0.05, 0) is 82.8 Å². The summed E-state index contributed by atoms with van der Waals surface area (Å²) in [6, 6.07) is 3.24. The van der Waals surface area contributed by atoms with Crippen molar-refractivity contribution in [3.8, 4) is 5.69 Å². The zero-order chi connectivity index (χ0) is 35.2. The highest BCUT2D eigenvalue weighted by Crippen LogP contribution is 2.37. The maximum Gasteiger partial charge on any atom is 0.410 e. The van der Waals surface area contributed by atoms with Crippen LogP contribution < -0.4 is 10.6 Å². The number of hydrogen-bond donors (Lipinski definition) is 0. The van der Waals surface area contributed by atoms with Gasteiger partial charge in [-0.15, -0.1) is 0 Å².